The molecule has 0 heterocycles. The summed E-state index contributed by atoms with van der Waals surface area (Å²) in [7, 11) is -1.97. The standard InChI is InChI=1S/C3H9NO2S2/c1-8(5,6)7-3-2-4/h2-4H2,1H3. The lowest BCUT2D eigenvalue weighted by Gasteiger charge is -1.91. The SMILES string of the molecule is CS(=O)(=O)SCCN. The summed E-state index contributed by atoms with van der Waals surface area (Å²) in [4.78, 5) is 0. The van der Waals surface area contributed by atoms with Crippen LogP contribution in [0.5, 0.6) is 0 Å². The van der Waals surface area contributed by atoms with Crippen molar-refractivity contribution >= 4 is 19.7 Å². The highest BCUT2D eigenvalue weighted by Crippen LogP contribution is 2.06. The van der Waals surface area contributed by atoms with Crippen LogP contribution in [0.15, 0.2) is 0 Å². The highest BCUT2D eigenvalue weighted by Gasteiger charge is 1.98. The molecule has 0 aliphatic heterocycles. The average molecular weight is 155 g/mol. The van der Waals surface area contributed by atoms with E-state index in [-0.39, 0.29) is 0 Å². The van der Waals surface area contributed by atoms with Gasteiger partial charge in [-0.15, -0.1) is 0 Å². The molecule has 3 nitrogen and oxygen atoms in total. The Hall–Kier alpha value is 0.260. The van der Waals surface area contributed by atoms with E-state index in [0.29, 0.717) is 12.3 Å². The van der Waals surface area contributed by atoms with Gasteiger partial charge >= 0.3 is 0 Å². The number of rotatable bonds is 3. The van der Waals surface area contributed by atoms with Crippen LogP contribution >= 0.6 is 10.8 Å². The van der Waals surface area contributed by atoms with E-state index in [1.807, 2.05) is 0 Å². The first-order chi connectivity index (χ1) is 3.56. The summed E-state index contributed by atoms with van der Waals surface area (Å²) in [5.41, 5.74) is 5.05. The molecule has 0 saturated heterocycles. The van der Waals surface area contributed by atoms with Gasteiger partial charge in [0.05, 0.1) is 0 Å². The molecule has 0 rings (SSSR count). The lowest BCUT2D eigenvalue weighted by Crippen LogP contribution is -2.03. The van der Waals surface area contributed by atoms with E-state index in [1.165, 1.54) is 6.26 Å². The molecule has 8 heavy (non-hydrogen) atoms. The Bertz CT molecular complexity index is 139. The van der Waals surface area contributed by atoms with E-state index >= 15 is 0 Å². The molecule has 0 aromatic carbocycles. The summed E-state index contributed by atoms with van der Waals surface area (Å²) in [6, 6.07) is 0. The van der Waals surface area contributed by atoms with Crippen molar-refractivity contribution in [3.05, 3.63) is 0 Å². The van der Waals surface area contributed by atoms with E-state index < -0.39 is 8.87 Å². The first-order valence-corrected chi connectivity index (χ1v) is 5.50. The molecule has 0 amide bonds. The highest BCUT2D eigenvalue weighted by molar-refractivity contribution is 8.71. The van der Waals surface area contributed by atoms with Gasteiger partial charge in [-0.25, -0.2) is 8.42 Å². The van der Waals surface area contributed by atoms with E-state index in [0.717, 1.165) is 10.8 Å². The molecule has 50 valence electrons. The van der Waals surface area contributed by atoms with Crippen LogP contribution in [0.2, 0.25) is 0 Å². The summed E-state index contributed by atoms with van der Waals surface area (Å²) in [5.74, 6) is 0.485. The summed E-state index contributed by atoms with van der Waals surface area (Å²) in [5, 5.41) is 0. The van der Waals surface area contributed by atoms with Gasteiger partial charge in [-0.3, -0.25) is 0 Å². The number of hydrogen-bond donors (Lipinski definition) is 1. The molecule has 0 unspecified atom stereocenters. The quantitative estimate of drug-likeness (QED) is 0.565. The fourth-order valence-corrected chi connectivity index (χ4v) is 1.80. The molecule has 0 aromatic rings. The van der Waals surface area contributed by atoms with Crippen molar-refractivity contribution in [2.45, 2.75) is 0 Å². The molecule has 0 aliphatic carbocycles. The first-order valence-electron chi connectivity index (χ1n) is 2.11. The third-order valence-electron chi connectivity index (χ3n) is 0.415. The third-order valence-corrected chi connectivity index (χ3v) is 3.03. The molecule has 0 aliphatic rings. The van der Waals surface area contributed by atoms with Crippen LogP contribution < -0.4 is 5.73 Å². The van der Waals surface area contributed by atoms with Crippen molar-refractivity contribution in [2.75, 3.05) is 18.6 Å². The van der Waals surface area contributed by atoms with Gasteiger partial charge in [0.2, 0.25) is 0 Å². The predicted molar refractivity (Wildman–Crippen MR) is 36.4 cm³/mol. The third kappa shape index (κ3) is 6.26. The average Bonchev–Trinajstić information content (AvgIpc) is 1.59. The molecule has 0 saturated carbocycles. The molecule has 0 fully saturated rings. The van der Waals surface area contributed by atoms with Crippen LogP contribution in [-0.2, 0) is 8.87 Å². The highest BCUT2D eigenvalue weighted by atomic mass is 33.1. The van der Waals surface area contributed by atoms with Gasteiger partial charge in [0.15, 0.2) is 8.87 Å². The van der Waals surface area contributed by atoms with Crippen molar-refractivity contribution in [1.82, 2.24) is 0 Å². The van der Waals surface area contributed by atoms with Gasteiger partial charge in [-0.2, -0.15) is 0 Å². The molecule has 0 aromatic heterocycles. The summed E-state index contributed by atoms with van der Waals surface area (Å²) < 4.78 is 20.6. The largest absolute Gasteiger partial charge is 0.330 e. The topological polar surface area (TPSA) is 60.2 Å². The predicted octanol–water partition coefficient (Wildman–Crippen LogP) is -0.362. The van der Waals surface area contributed by atoms with Gasteiger partial charge in [0.25, 0.3) is 0 Å². The molecule has 5 heteroatoms. The van der Waals surface area contributed by atoms with Crippen LogP contribution in [0.1, 0.15) is 0 Å². The van der Waals surface area contributed by atoms with E-state index in [9.17, 15) is 8.42 Å². The lowest BCUT2D eigenvalue weighted by atomic mass is 10.8. The van der Waals surface area contributed by atoms with Gasteiger partial charge < -0.3 is 5.73 Å². The lowest BCUT2D eigenvalue weighted by molar-refractivity contribution is 0.615. The Morgan fingerprint density at radius 1 is 1.62 bits per heavy atom. The molecule has 2 N–H and O–H groups in total. The summed E-state index contributed by atoms with van der Waals surface area (Å²) in [6.07, 6.45) is 1.17. The van der Waals surface area contributed by atoms with Crippen LogP contribution in [0.4, 0.5) is 0 Å². The second-order valence-corrected chi connectivity index (χ2v) is 5.89. The second kappa shape index (κ2) is 3.32. The molecular weight excluding hydrogens is 146 g/mol. The summed E-state index contributed by atoms with van der Waals surface area (Å²) >= 11 is 0. The number of nitrogens with two attached hydrogens (primary N) is 1. The zero-order chi connectivity index (χ0) is 6.62. The van der Waals surface area contributed by atoms with Crippen LogP contribution in [0, 0.1) is 0 Å². The van der Waals surface area contributed by atoms with Crippen molar-refractivity contribution in [2.24, 2.45) is 5.73 Å². The molecule has 0 spiro atoms. The fourth-order valence-electron chi connectivity index (χ4n) is 0.199. The van der Waals surface area contributed by atoms with Crippen molar-refractivity contribution < 1.29 is 8.42 Å². The molecular formula is C3H9NO2S2. The zero-order valence-electron chi connectivity index (χ0n) is 4.62. The summed E-state index contributed by atoms with van der Waals surface area (Å²) in [6.45, 7) is 0.414. The smallest absolute Gasteiger partial charge is 0.198 e. The van der Waals surface area contributed by atoms with Gasteiger partial charge in [0, 0.05) is 18.6 Å². The van der Waals surface area contributed by atoms with Crippen LogP contribution in [-0.4, -0.2) is 27.0 Å². The maximum absolute atomic E-state index is 10.3. The Morgan fingerprint density at radius 3 is 2.25 bits per heavy atom. The maximum Gasteiger partial charge on any atom is 0.198 e. The van der Waals surface area contributed by atoms with Crippen molar-refractivity contribution in [1.29, 1.82) is 0 Å². The minimum atomic E-state index is -2.85. The first kappa shape index (κ1) is 8.26. The number of hydrogen-bond acceptors (Lipinski definition) is 4. The Morgan fingerprint density at radius 2 is 2.12 bits per heavy atom. The van der Waals surface area contributed by atoms with Crippen LogP contribution in [0.3, 0.4) is 0 Å². The van der Waals surface area contributed by atoms with E-state index in [2.05, 4.69) is 0 Å². The Kier molecular flexibility index (Phi) is 3.43. The molecule has 0 bridgehead atoms. The Labute approximate surface area is 53.0 Å². The van der Waals surface area contributed by atoms with Crippen molar-refractivity contribution in [3.63, 3.8) is 0 Å². The minimum Gasteiger partial charge on any atom is -0.330 e. The molecule has 0 radical (unpaired) electrons. The second-order valence-electron chi connectivity index (χ2n) is 1.31. The van der Waals surface area contributed by atoms with Crippen molar-refractivity contribution in [3.8, 4) is 0 Å². The van der Waals surface area contributed by atoms with E-state index in [1.54, 1.807) is 0 Å². The van der Waals surface area contributed by atoms with E-state index in [4.69, 9.17) is 5.73 Å². The zero-order valence-corrected chi connectivity index (χ0v) is 6.26. The monoisotopic (exact) mass is 155 g/mol. The van der Waals surface area contributed by atoms with Gasteiger partial charge in [0.1, 0.15) is 0 Å². The Balaban J connectivity index is 3.42. The normalized spacial score (nSPS) is 11.8. The fraction of sp³-hybridized carbons (Fsp3) is 1.00. The maximum atomic E-state index is 10.3. The van der Waals surface area contributed by atoms with Crippen LogP contribution in [0.25, 0.3) is 0 Å². The molecule has 0 atom stereocenters. The van der Waals surface area contributed by atoms with Gasteiger partial charge in [-0.1, -0.05) is 0 Å². The van der Waals surface area contributed by atoms with Gasteiger partial charge in [-0.05, 0) is 10.8 Å². The minimum absolute atomic E-state index is 0.414.